The zero-order valence-electron chi connectivity index (χ0n) is 13.5. The van der Waals surface area contributed by atoms with Crippen molar-refractivity contribution in [3.63, 3.8) is 0 Å². The zero-order valence-corrected chi connectivity index (χ0v) is 15.1. The van der Waals surface area contributed by atoms with E-state index in [9.17, 15) is 14.3 Å². The number of benzene rings is 3. The average molecular weight is 413 g/mol. The minimum absolute atomic E-state index is 0.115. The van der Waals surface area contributed by atoms with Gasteiger partial charge in [-0.3, -0.25) is 9.69 Å². The number of aromatic hydroxyl groups is 1. The fourth-order valence-electron chi connectivity index (χ4n) is 3.05. The summed E-state index contributed by atoms with van der Waals surface area (Å²) in [5.74, 6) is -0.430. The van der Waals surface area contributed by atoms with E-state index < -0.39 is 6.17 Å². The summed E-state index contributed by atoms with van der Waals surface area (Å²) in [7, 11) is 0. The number of amides is 1. The molecule has 0 spiro atoms. The first-order valence-corrected chi connectivity index (χ1v) is 8.77. The average Bonchev–Trinajstić information content (AvgIpc) is 2.65. The lowest BCUT2D eigenvalue weighted by molar-refractivity contribution is 0.0975. The first-order chi connectivity index (χ1) is 12.5. The van der Waals surface area contributed by atoms with Gasteiger partial charge >= 0.3 is 0 Å². The summed E-state index contributed by atoms with van der Waals surface area (Å²) in [4.78, 5) is 14.8. The maximum Gasteiger partial charge on any atom is 0.262 e. The molecule has 1 aliphatic rings. The molecule has 2 N–H and O–H groups in total. The molecule has 1 aliphatic heterocycles. The van der Waals surface area contributed by atoms with E-state index in [1.807, 2.05) is 12.1 Å². The van der Waals surface area contributed by atoms with Gasteiger partial charge in [0.05, 0.1) is 10.0 Å². The Hall–Kier alpha value is -2.86. The SMILES string of the molecule is O=C1c2ccccc2NC(c2ccc(O)c(Br)c2)N1c1ccc(F)cc1. The number of rotatable bonds is 2. The maximum absolute atomic E-state index is 13.4. The van der Waals surface area contributed by atoms with Crippen LogP contribution in [0.15, 0.2) is 71.2 Å². The van der Waals surface area contributed by atoms with E-state index in [4.69, 9.17) is 0 Å². The number of carbonyl (C=O) groups is 1. The van der Waals surface area contributed by atoms with Crippen molar-refractivity contribution in [2.75, 3.05) is 10.2 Å². The number of nitrogens with zero attached hydrogens (tertiary/aromatic N) is 1. The molecule has 1 amide bonds. The Balaban J connectivity index is 1.86. The second-order valence-corrected chi connectivity index (χ2v) is 6.81. The Morgan fingerprint density at radius 1 is 1.04 bits per heavy atom. The molecule has 1 heterocycles. The molecule has 4 rings (SSSR count). The van der Waals surface area contributed by atoms with Gasteiger partial charge in [0.2, 0.25) is 0 Å². The van der Waals surface area contributed by atoms with Crippen LogP contribution in [0, 0.1) is 5.82 Å². The van der Waals surface area contributed by atoms with Crippen molar-refractivity contribution < 1.29 is 14.3 Å². The fourth-order valence-corrected chi connectivity index (χ4v) is 3.44. The van der Waals surface area contributed by atoms with Gasteiger partial charge in [-0.1, -0.05) is 18.2 Å². The van der Waals surface area contributed by atoms with Gasteiger partial charge in [0.15, 0.2) is 0 Å². The predicted octanol–water partition coefficient (Wildman–Crippen LogP) is 5.06. The van der Waals surface area contributed by atoms with E-state index in [1.165, 1.54) is 12.1 Å². The minimum Gasteiger partial charge on any atom is -0.507 e. The summed E-state index contributed by atoms with van der Waals surface area (Å²) < 4.78 is 13.9. The summed E-state index contributed by atoms with van der Waals surface area (Å²) in [6.45, 7) is 0. The molecule has 1 unspecified atom stereocenters. The van der Waals surface area contributed by atoms with E-state index in [0.29, 0.717) is 15.7 Å². The van der Waals surface area contributed by atoms with Crippen molar-refractivity contribution in [1.29, 1.82) is 0 Å². The van der Waals surface area contributed by atoms with Crippen LogP contribution in [0.5, 0.6) is 5.75 Å². The van der Waals surface area contributed by atoms with Gasteiger partial charge in [-0.2, -0.15) is 0 Å². The van der Waals surface area contributed by atoms with Gasteiger partial charge in [-0.15, -0.1) is 0 Å². The first kappa shape index (κ1) is 16.6. The summed E-state index contributed by atoms with van der Waals surface area (Å²) in [6, 6.07) is 18.1. The highest BCUT2D eigenvalue weighted by atomic mass is 79.9. The number of carbonyl (C=O) groups excluding carboxylic acids is 1. The molecule has 0 saturated heterocycles. The standard InChI is InChI=1S/C20H14BrFN2O2/c21-16-11-12(5-10-18(16)25)19-23-17-4-2-1-3-15(17)20(26)24(19)14-8-6-13(22)7-9-14/h1-11,19,23,25H. The zero-order chi connectivity index (χ0) is 18.3. The molecule has 3 aromatic carbocycles. The largest absolute Gasteiger partial charge is 0.507 e. The van der Waals surface area contributed by atoms with Gasteiger partial charge in [-0.05, 0) is 70.0 Å². The highest BCUT2D eigenvalue weighted by molar-refractivity contribution is 9.10. The highest BCUT2D eigenvalue weighted by Crippen LogP contribution is 2.38. The van der Waals surface area contributed by atoms with Crippen LogP contribution in [0.2, 0.25) is 0 Å². The van der Waals surface area contributed by atoms with Crippen LogP contribution in [-0.2, 0) is 0 Å². The Labute approximate surface area is 158 Å². The molecule has 0 radical (unpaired) electrons. The topological polar surface area (TPSA) is 52.6 Å². The van der Waals surface area contributed by atoms with Crippen LogP contribution in [0.3, 0.4) is 0 Å². The smallest absolute Gasteiger partial charge is 0.262 e. The second-order valence-electron chi connectivity index (χ2n) is 5.95. The van der Waals surface area contributed by atoms with Crippen LogP contribution in [0.4, 0.5) is 15.8 Å². The van der Waals surface area contributed by atoms with Crippen molar-refractivity contribution in [2.24, 2.45) is 0 Å². The highest BCUT2D eigenvalue weighted by Gasteiger charge is 2.34. The van der Waals surface area contributed by atoms with Crippen LogP contribution >= 0.6 is 15.9 Å². The molecule has 1 atom stereocenters. The Morgan fingerprint density at radius 2 is 1.77 bits per heavy atom. The van der Waals surface area contributed by atoms with Crippen molar-refractivity contribution in [2.45, 2.75) is 6.17 Å². The third-order valence-electron chi connectivity index (χ3n) is 4.32. The lowest BCUT2D eigenvalue weighted by Crippen LogP contribution is -2.43. The maximum atomic E-state index is 13.4. The lowest BCUT2D eigenvalue weighted by Gasteiger charge is -2.38. The summed E-state index contributed by atoms with van der Waals surface area (Å²) >= 11 is 3.31. The van der Waals surface area contributed by atoms with Crippen molar-refractivity contribution in [3.05, 3.63) is 88.1 Å². The van der Waals surface area contributed by atoms with Crippen LogP contribution in [0.1, 0.15) is 22.1 Å². The monoisotopic (exact) mass is 412 g/mol. The lowest BCUT2D eigenvalue weighted by atomic mass is 10.0. The van der Waals surface area contributed by atoms with Gasteiger partial charge in [0.25, 0.3) is 5.91 Å². The fraction of sp³-hybridized carbons (Fsp3) is 0.0500. The number of para-hydroxylation sites is 1. The van der Waals surface area contributed by atoms with Crippen LogP contribution in [0.25, 0.3) is 0 Å². The number of phenolic OH excluding ortho intramolecular Hbond substituents is 1. The molecule has 0 saturated carbocycles. The van der Waals surface area contributed by atoms with Gasteiger partial charge < -0.3 is 10.4 Å². The molecule has 0 aliphatic carbocycles. The number of fused-ring (bicyclic) bond motifs is 1. The molecule has 0 fully saturated rings. The van der Waals surface area contributed by atoms with Gasteiger partial charge in [0, 0.05) is 11.4 Å². The van der Waals surface area contributed by atoms with Crippen molar-refractivity contribution in [1.82, 2.24) is 0 Å². The third-order valence-corrected chi connectivity index (χ3v) is 4.95. The first-order valence-electron chi connectivity index (χ1n) is 7.98. The normalized spacial score (nSPS) is 16.2. The number of nitrogens with one attached hydrogen (secondary N) is 1. The second kappa shape index (κ2) is 6.46. The molecule has 0 bridgehead atoms. The number of anilines is 2. The minimum atomic E-state index is -0.500. The number of phenols is 1. The summed E-state index contributed by atoms with van der Waals surface area (Å²) in [5.41, 5.74) is 2.63. The Kier molecular flexibility index (Phi) is 4.12. The van der Waals surface area contributed by atoms with Gasteiger partial charge in [-0.25, -0.2) is 4.39 Å². The molecule has 26 heavy (non-hydrogen) atoms. The summed E-state index contributed by atoms with van der Waals surface area (Å²) in [5, 5.41) is 13.1. The van der Waals surface area contributed by atoms with E-state index in [0.717, 1.165) is 11.3 Å². The van der Waals surface area contributed by atoms with E-state index >= 15 is 0 Å². The third kappa shape index (κ3) is 2.82. The quantitative estimate of drug-likeness (QED) is 0.617. The molecule has 130 valence electrons. The van der Waals surface area contributed by atoms with Gasteiger partial charge in [0.1, 0.15) is 17.7 Å². The van der Waals surface area contributed by atoms with Crippen LogP contribution < -0.4 is 10.2 Å². The number of hydrogen-bond donors (Lipinski definition) is 2. The molecular formula is C20H14BrFN2O2. The molecule has 4 nitrogen and oxygen atoms in total. The Bertz CT molecular complexity index is 991. The molecule has 0 aromatic heterocycles. The van der Waals surface area contributed by atoms with Crippen LogP contribution in [-0.4, -0.2) is 11.0 Å². The van der Waals surface area contributed by atoms with Crippen molar-refractivity contribution >= 4 is 33.2 Å². The molecule has 3 aromatic rings. The molecular weight excluding hydrogens is 399 g/mol. The van der Waals surface area contributed by atoms with E-state index in [1.54, 1.807) is 47.4 Å². The number of halogens is 2. The Morgan fingerprint density at radius 3 is 2.50 bits per heavy atom. The molecule has 6 heteroatoms. The van der Waals surface area contributed by atoms with E-state index in [-0.39, 0.29) is 17.5 Å². The van der Waals surface area contributed by atoms with Crippen molar-refractivity contribution in [3.8, 4) is 5.75 Å². The van der Waals surface area contributed by atoms with E-state index in [2.05, 4.69) is 21.2 Å². The number of hydrogen-bond acceptors (Lipinski definition) is 3. The predicted molar refractivity (Wildman–Crippen MR) is 102 cm³/mol. The summed E-state index contributed by atoms with van der Waals surface area (Å²) in [6.07, 6.45) is -0.500.